The zero-order valence-electron chi connectivity index (χ0n) is 16.3. The molecule has 6 nitrogen and oxygen atoms in total. The summed E-state index contributed by atoms with van der Waals surface area (Å²) < 4.78 is 56.4. The molecule has 2 heterocycles. The first-order valence-corrected chi connectivity index (χ1v) is 9.76. The molecule has 0 spiro atoms. The molecule has 11 heteroatoms. The molecule has 0 fully saturated rings. The lowest BCUT2D eigenvalue weighted by molar-refractivity contribution is -0.123. The molecule has 0 saturated heterocycles. The summed E-state index contributed by atoms with van der Waals surface area (Å²) in [6, 6.07) is 6.50. The van der Waals surface area contributed by atoms with Gasteiger partial charge in [-0.15, -0.1) is 11.6 Å². The van der Waals surface area contributed by atoms with Gasteiger partial charge in [0.1, 0.15) is 36.2 Å². The van der Waals surface area contributed by atoms with Gasteiger partial charge in [0.25, 0.3) is 5.91 Å². The van der Waals surface area contributed by atoms with Gasteiger partial charge in [0, 0.05) is 0 Å². The molecule has 1 atom stereocenters. The zero-order chi connectivity index (χ0) is 22.8. The number of fused-ring (bicyclic) bond motifs is 1. The number of carbonyl (C=O) groups excluding carboxylic acids is 2. The summed E-state index contributed by atoms with van der Waals surface area (Å²) in [5.74, 6) is -2.28. The normalized spacial score (nSPS) is 15.8. The molecule has 166 valence electrons. The van der Waals surface area contributed by atoms with E-state index in [2.05, 4.69) is 4.98 Å². The molecule has 1 unspecified atom stereocenters. The molecular weight excluding hydrogens is 442 g/mol. The second-order valence-corrected chi connectivity index (χ2v) is 7.25. The van der Waals surface area contributed by atoms with Crippen LogP contribution < -0.4 is 15.0 Å². The molecule has 2 amide bonds. The minimum absolute atomic E-state index is 0.0587. The summed E-state index contributed by atoms with van der Waals surface area (Å²) in [7, 11) is 0. The van der Waals surface area contributed by atoms with Crippen LogP contribution in [0.5, 0.6) is 5.88 Å². The van der Waals surface area contributed by atoms with E-state index in [4.69, 9.17) is 16.3 Å². The minimum Gasteiger partial charge on any atom is -0.474 e. The van der Waals surface area contributed by atoms with Crippen molar-refractivity contribution in [1.82, 2.24) is 10.3 Å². The van der Waals surface area contributed by atoms with Gasteiger partial charge in [-0.1, -0.05) is 12.1 Å². The lowest BCUT2D eigenvalue weighted by Gasteiger charge is -2.34. The second-order valence-electron chi connectivity index (χ2n) is 6.98. The van der Waals surface area contributed by atoms with Gasteiger partial charge in [-0.05, 0) is 42.7 Å². The number of halogens is 5. The number of benzene rings is 1. The average molecular weight is 460 g/mol. The highest BCUT2D eigenvalue weighted by atomic mass is 35.5. The number of hydrogen-bond acceptors (Lipinski definition) is 4. The zero-order valence-corrected chi connectivity index (χ0v) is 17.1. The summed E-state index contributed by atoms with van der Waals surface area (Å²) in [5, 5.41) is 1.79. The first-order chi connectivity index (χ1) is 14.6. The summed E-state index contributed by atoms with van der Waals surface area (Å²) in [6.45, 7) is 0.274. The Kier molecular flexibility index (Phi) is 6.68. The third-order valence-electron chi connectivity index (χ3n) is 4.56. The van der Waals surface area contributed by atoms with E-state index < -0.39 is 30.4 Å². The predicted molar refractivity (Wildman–Crippen MR) is 105 cm³/mol. The third-order valence-corrected chi connectivity index (χ3v) is 4.79. The van der Waals surface area contributed by atoms with E-state index in [-0.39, 0.29) is 47.8 Å². The predicted octanol–water partition coefficient (Wildman–Crippen LogP) is 3.46. The number of amides is 2. The third kappa shape index (κ3) is 5.43. The van der Waals surface area contributed by atoms with Gasteiger partial charge in [-0.2, -0.15) is 13.2 Å². The molecule has 0 radical (unpaired) electrons. The van der Waals surface area contributed by atoms with Crippen molar-refractivity contribution < 1.29 is 31.9 Å². The number of anilines is 1. The first-order valence-electron chi connectivity index (χ1n) is 9.23. The maximum Gasteiger partial charge on any atom is 0.405 e. The van der Waals surface area contributed by atoms with E-state index in [1.807, 2.05) is 0 Å². The van der Waals surface area contributed by atoms with Crippen molar-refractivity contribution in [3.8, 4) is 5.88 Å². The fourth-order valence-electron chi connectivity index (χ4n) is 3.18. The monoisotopic (exact) mass is 459 g/mol. The van der Waals surface area contributed by atoms with Gasteiger partial charge >= 0.3 is 6.18 Å². The Labute approximate surface area is 180 Å². The van der Waals surface area contributed by atoms with Crippen LogP contribution in [0.15, 0.2) is 30.3 Å². The number of nitrogens with one attached hydrogen (secondary N) is 1. The smallest absolute Gasteiger partial charge is 0.405 e. The summed E-state index contributed by atoms with van der Waals surface area (Å²) in [4.78, 5) is 30.3. The van der Waals surface area contributed by atoms with Crippen molar-refractivity contribution >= 4 is 29.1 Å². The van der Waals surface area contributed by atoms with Crippen molar-refractivity contribution in [2.24, 2.45) is 0 Å². The number of alkyl halides is 4. The molecular formula is C20H18ClF4N3O3. The molecule has 1 aromatic heterocycles. The van der Waals surface area contributed by atoms with Crippen LogP contribution in [-0.2, 0) is 11.2 Å². The second kappa shape index (κ2) is 9.09. The van der Waals surface area contributed by atoms with Crippen LogP contribution in [0, 0.1) is 5.82 Å². The quantitative estimate of drug-likeness (QED) is 0.549. The Bertz CT molecular complexity index is 983. The highest BCUT2D eigenvalue weighted by Gasteiger charge is 2.33. The number of carbonyl (C=O) groups is 2. The van der Waals surface area contributed by atoms with Crippen LogP contribution in [0.2, 0.25) is 0 Å². The number of rotatable bonds is 5. The molecule has 1 aliphatic rings. The summed E-state index contributed by atoms with van der Waals surface area (Å²) >= 11 is 5.71. The molecule has 2 aromatic rings. The highest BCUT2D eigenvalue weighted by Crippen LogP contribution is 2.35. The largest absolute Gasteiger partial charge is 0.474 e. The van der Waals surface area contributed by atoms with Gasteiger partial charge in [-0.25, -0.2) is 9.37 Å². The van der Waals surface area contributed by atoms with Crippen molar-refractivity contribution in [3.05, 3.63) is 53.0 Å². The van der Waals surface area contributed by atoms with Crippen LogP contribution in [0.3, 0.4) is 0 Å². The molecule has 3 rings (SSSR count). The standard InChI is InChI=1S/C20H18ClF4N3O3/c1-11-9-31-19-15(28(11)16(29)8-21)7-13(6-12-2-4-14(22)5-3-12)17(27-19)18(30)26-10-20(23,24)25/h2-5,7,11H,6,8-10H2,1H3,(H,26,30). The number of hydrogen-bond donors (Lipinski definition) is 1. The lowest BCUT2D eigenvalue weighted by Crippen LogP contribution is -2.46. The van der Waals surface area contributed by atoms with E-state index in [0.29, 0.717) is 5.56 Å². The fraction of sp³-hybridized carbons (Fsp3) is 0.350. The Morgan fingerprint density at radius 2 is 1.97 bits per heavy atom. The molecule has 1 N–H and O–H groups in total. The Balaban J connectivity index is 2.05. The van der Waals surface area contributed by atoms with Crippen LogP contribution in [-0.4, -0.2) is 48.0 Å². The van der Waals surface area contributed by atoms with Gasteiger partial charge in [0.15, 0.2) is 0 Å². The van der Waals surface area contributed by atoms with Crippen LogP contribution in [0.4, 0.5) is 23.2 Å². The van der Waals surface area contributed by atoms with E-state index >= 15 is 0 Å². The Morgan fingerprint density at radius 3 is 2.58 bits per heavy atom. The topological polar surface area (TPSA) is 71.5 Å². The van der Waals surface area contributed by atoms with Crippen LogP contribution in [0.25, 0.3) is 0 Å². The maximum absolute atomic E-state index is 13.2. The maximum atomic E-state index is 13.2. The van der Waals surface area contributed by atoms with Crippen molar-refractivity contribution in [2.45, 2.75) is 25.6 Å². The molecule has 1 aliphatic heterocycles. The van der Waals surface area contributed by atoms with Gasteiger partial charge in [0.2, 0.25) is 11.8 Å². The number of ether oxygens (including phenoxy) is 1. The lowest BCUT2D eigenvalue weighted by atomic mass is 10.0. The number of aromatic nitrogens is 1. The SMILES string of the molecule is CC1COc2nc(C(=O)NCC(F)(F)F)c(Cc3ccc(F)cc3)cc2N1C(=O)CCl. The molecule has 0 bridgehead atoms. The molecule has 1 aromatic carbocycles. The minimum atomic E-state index is -4.60. The Morgan fingerprint density at radius 1 is 1.29 bits per heavy atom. The summed E-state index contributed by atoms with van der Waals surface area (Å²) in [5.41, 5.74) is 0.817. The van der Waals surface area contributed by atoms with E-state index in [1.54, 1.807) is 12.2 Å². The van der Waals surface area contributed by atoms with Crippen molar-refractivity contribution in [2.75, 3.05) is 23.9 Å². The fourth-order valence-corrected chi connectivity index (χ4v) is 3.31. The highest BCUT2D eigenvalue weighted by molar-refractivity contribution is 6.29. The van der Waals surface area contributed by atoms with Gasteiger partial charge in [0.05, 0.1) is 6.04 Å². The van der Waals surface area contributed by atoms with Gasteiger partial charge in [-0.3, -0.25) is 9.59 Å². The van der Waals surface area contributed by atoms with E-state index in [9.17, 15) is 27.2 Å². The number of pyridine rings is 1. The molecule has 0 aliphatic carbocycles. The molecule has 0 saturated carbocycles. The summed E-state index contributed by atoms with van der Waals surface area (Å²) in [6.07, 6.45) is -4.54. The van der Waals surface area contributed by atoms with Crippen LogP contribution >= 0.6 is 11.6 Å². The number of nitrogens with zero attached hydrogens (tertiary/aromatic N) is 2. The van der Waals surface area contributed by atoms with E-state index in [0.717, 1.165) is 0 Å². The van der Waals surface area contributed by atoms with Crippen LogP contribution in [0.1, 0.15) is 28.5 Å². The van der Waals surface area contributed by atoms with Crippen molar-refractivity contribution in [3.63, 3.8) is 0 Å². The van der Waals surface area contributed by atoms with Crippen molar-refractivity contribution in [1.29, 1.82) is 0 Å². The average Bonchev–Trinajstić information content (AvgIpc) is 2.72. The first kappa shape index (κ1) is 22.8. The van der Waals surface area contributed by atoms with E-state index in [1.165, 1.54) is 35.2 Å². The van der Waals surface area contributed by atoms with Gasteiger partial charge < -0.3 is 15.0 Å². The molecule has 31 heavy (non-hydrogen) atoms. The Hall–Kier alpha value is -2.88.